The smallest absolute Gasteiger partial charge is 0.181 e. The topological polar surface area (TPSA) is 44.8 Å². The van der Waals surface area contributed by atoms with Gasteiger partial charge in [-0.15, -0.1) is 0 Å². The van der Waals surface area contributed by atoms with Crippen LogP contribution < -0.4 is 0 Å². The number of rotatable bonds is 4. The first kappa shape index (κ1) is 11.4. The van der Waals surface area contributed by atoms with E-state index in [2.05, 4.69) is 20.1 Å². The number of hydrogen-bond donors (Lipinski definition) is 1. The average molecular weight is 242 g/mol. The lowest BCUT2D eigenvalue weighted by atomic mass is 10.2. The van der Waals surface area contributed by atoms with Gasteiger partial charge in [0.1, 0.15) is 5.82 Å². The molecule has 0 atom stereocenters. The predicted octanol–water partition coefficient (Wildman–Crippen LogP) is 2.11. The maximum Gasteiger partial charge on any atom is 0.181 e. The molecule has 4 nitrogen and oxygen atoms in total. The molecule has 0 radical (unpaired) electrons. The van der Waals surface area contributed by atoms with E-state index in [0.29, 0.717) is 0 Å². The highest BCUT2D eigenvalue weighted by Gasteiger charge is 2.12. The van der Waals surface area contributed by atoms with Crippen molar-refractivity contribution in [1.82, 2.24) is 20.1 Å². The van der Waals surface area contributed by atoms with Crippen molar-refractivity contribution in [2.75, 3.05) is 19.6 Å². The van der Waals surface area contributed by atoms with Gasteiger partial charge in [-0.05, 0) is 25.9 Å². The second-order valence-electron chi connectivity index (χ2n) is 4.77. The quantitative estimate of drug-likeness (QED) is 0.893. The highest BCUT2D eigenvalue weighted by atomic mass is 15.2. The lowest BCUT2D eigenvalue weighted by Gasteiger charge is -2.12. The molecular formula is C14H18N4. The Hall–Kier alpha value is -1.68. The number of likely N-dealkylation sites (tertiary alicyclic amines) is 1. The van der Waals surface area contributed by atoms with Crippen LogP contribution >= 0.6 is 0 Å². The zero-order valence-corrected chi connectivity index (χ0v) is 10.5. The Morgan fingerprint density at radius 1 is 1.11 bits per heavy atom. The van der Waals surface area contributed by atoms with Crippen LogP contribution in [0.1, 0.15) is 18.7 Å². The molecule has 3 rings (SSSR count). The second kappa shape index (κ2) is 5.31. The summed E-state index contributed by atoms with van der Waals surface area (Å²) in [5.41, 5.74) is 1.07. The molecule has 1 fully saturated rings. The number of nitrogens with one attached hydrogen (secondary N) is 1. The van der Waals surface area contributed by atoms with Gasteiger partial charge in [0, 0.05) is 18.5 Å². The van der Waals surface area contributed by atoms with E-state index in [-0.39, 0.29) is 0 Å². The van der Waals surface area contributed by atoms with E-state index in [1.807, 2.05) is 30.3 Å². The molecule has 0 amide bonds. The summed E-state index contributed by atoms with van der Waals surface area (Å²) in [6.45, 7) is 3.56. The molecule has 2 heterocycles. The molecule has 1 aliphatic rings. The molecular weight excluding hydrogens is 224 g/mol. The second-order valence-corrected chi connectivity index (χ2v) is 4.77. The van der Waals surface area contributed by atoms with E-state index in [1.165, 1.54) is 25.9 Å². The maximum absolute atomic E-state index is 4.55. The summed E-state index contributed by atoms with van der Waals surface area (Å²) in [6, 6.07) is 10.1. The highest BCUT2D eigenvalue weighted by molar-refractivity contribution is 5.53. The van der Waals surface area contributed by atoms with E-state index in [0.717, 1.165) is 30.2 Å². The minimum absolute atomic E-state index is 0.798. The summed E-state index contributed by atoms with van der Waals surface area (Å²) in [4.78, 5) is 7.04. The van der Waals surface area contributed by atoms with Crippen LogP contribution in [0.4, 0.5) is 0 Å². The van der Waals surface area contributed by atoms with Crippen molar-refractivity contribution < 1.29 is 0 Å². The molecule has 1 saturated heterocycles. The molecule has 1 N–H and O–H groups in total. The van der Waals surface area contributed by atoms with Crippen molar-refractivity contribution in [2.45, 2.75) is 19.3 Å². The van der Waals surface area contributed by atoms with Crippen LogP contribution in [0.15, 0.2) is 30.3 Å². The zero-order valence-electron chi connectivity index (χ0n) is 10.5. The standard InChI is InChI=1S/C14H18N4/c1-2-6-12(7-3-1)14-15-13(16-17-14)8-11-18-9-4-5-10-18/h1-3,6-7H,4-5,8-11H2,(H,15,16,17). The van der Waals surface area contributed by atoms with Gasteiger partial charge in [-0.2, -0.15) is 5.10 Å². The van der Waals surface area contributed by atoms with Crippen LogP contribution in [0.3, 0.4) is 0 Å². The Morgan fingerprint density at radius 3 is 2.67 bits per heavy atom. The van der Waals surface area contributed by atoms with Crippen molar-refractivity contribution in [3.63, 3.8) is 0 Å². The third kappa shape index (κ3) is 2.59. The number of hydrogen-bond acceptors (Lipinski definition) is 3. The first-order chi connectivity index (χ1) is 8.92. The number of nitrogens with zero attached hydrogens (tertiary/aromatic N) is 3. The molecule has 0 bridgehead atoms. The number of aromatic amines is 1. The zero-order chi connectivity index (χ0) is 12.2. The molecule has 1 aliphatic heterocycles. The van der Waals surface area contributed by atoms with Crippen LogP contribution in [-0.2, 0) is 6.42 Å². The highest BCUT2D eigenvalue weighted by Crippen LogP contribution is 2.14. The van der Waals surface area contributed by atoms with E-state index in [9.17, 15) is 0 Å². The van der Waals surface area contributed by atoms with Gasteiger partial charge in [0.05, 0.1) is 0 Å². The minimum Gasteiger partial charge on any atom is -0.303 e. The van der Waals surface area contributed by atoms with Gasteiger partial charge in [-0.25, -0.2) is 4.98 Å². The number of H-pyrrole nitrogens is 1. The van der Waals surface area contributed by atoms with Gasteiger partial charge >= 0.3 is 0 Å². The fourth-order valence-corrected chi connectivity index (χ4v) is 2.39. The van der Waals surface area contributed by atoms with Crippen molar-refractivity contribution in [3.8, 4) is 11.4 Å². The third-order valence-electron chi connectivity index (χ3n) is 3.43. The van der Waals surface area contributed by atoms with Gasteiger partial charge in [0.15, 0.2) is 5.82 Å². The van der Waals surface area contributed by atoms with Gasteiger partial charge in [-0.3, -0.25) is 5.10 Å². The molecule has 1 aromatic carbocycles. The molecule has 0 saturated carbocycles. The number of benzene rings is 1. The molecule has 4 heteroatoms. The first-order valence-corrected chi connectivity index (χ1v) is 6.61. The fourth-order valence-electron chi connectivity index (χ4n) is 2.39. The Labute approximate surface area is 107 Å². The summed E-state index contributed by atoms with van der Waals surface area (Å²) in [5, 5.41) is 7.32. The molecule has 0 aliphatic carbocycles. The van der Waals surface area contributed by atoms with E-state index < -0.39 is 0 Å². The Balaban J connectivity index is 1.63. The van der Waals surface area contributed by atoms with Crippen LogP contribution in [0.5, 0.6) is 0 Å². The van der Waals surface area contributed by atoms with Crippen LogP contribution in [0.2, 0.25) is 0 Å². The lowest BCUT2D eigenvalue weighted by molar-refractivity contribution is 0.341. The van der Waals surface area contributed by atoms with E-state index in [1.54, 1.807) is 0 Å². The largest absolute Gasteiger partial charge is 0.303 e. The summed E-state index contributed by atoms with van der Waals surface area (Å²) >= 11 is 0. The van der Waals surface area contributed by atoms with Crippen molar-refractivity contribution in [2.24, 2.45) is 0 Å². The third-order valence-corrected chi connectivity index (χ3v) is 3.43. The van der Waals surface area contributed by atoms with Crippen LogP contribution in [0, 0.1) is 0 Å². The average Bonchev–Trinajstić information content (AvgIpc) is 3.09. The van der Waals surface area contributed by atoms with E-state index in [4.69, 9.17) is 0 Å². The van der Waals surface area contributed by atoms with Crippen molar-refractivity contribution >= 4 is 0 Å². The Bertz CT molecular complexity index is 486. The molecule has 1 aromatic heterocycles. The molecule has 18 heavy (non-hydrogen) atoms. The summed E-state index contributed by atoms with van der Waals surface area (Å²) in [6.07, 6.45) is 3.64. The molecule has 0 unspecified atom stereocenters. The fraction of sp³-hybridized carbons (Fsp3) is 0.429. The first-order valence-electron chi connectivity index (χ1n) is 6.61. The van der Waals surface area contributed by atoms with E-state index >= 15 is 0 Å². The predicted molar refractivity (Wildman–Crippen MR) is 71.2 cm³/mol. The lowest BCUT2D eigenvalue weighted by Crippen LogP contribution is -2.22. The van der Waals surface area contributed by atoms with Gasteiger partial charge < -0.3 is 4.90 Å². The van der Waals surface area contributed by atoms with Crippen LogP contribution in [0.25, 0.3) is 11.4 Å². The van der Waals surface area contributed by atoms with Crippen LogP contribution in [-0.4, -0.2) is 39.7 Å². The molecule has 94 valence electrons. The van der Waals surface area contributed by atoms with Gasteiger partial charge in [-0.1, -0.05) is 30.3 Å². The Morgan fingerprint density at radius 2 is 1.89 bits per heavy atom. The maximum atomic E-state index is 4.55. The van der Waals surface area contributed by atoms with Gasteiger partial charge in [0.25, 0.3) is 0 Å². The monoisotopic (exact) mass is 242 g/mol. The van der Waals surface area contributed by atoms with Crippen molar-refractivity contribution in [1.29, 1.82) is 0 Å². The summed E-state index contributed by atoms with van der Waals surface area (Å²) in [5.74, 6) is 1.78. The summed E-state index contributed by atoms with van der Waals surface area (Å²) < 4.78 is 0. The number of aromatic nitrogens is 3. The Kier molecular flexibility index (Phi) is 3.37. The normalized spacial score (nSPS) is 16.2. The minimum atomic E-state index is 0.798. The SMILES string of the molecule is c1ccc(-c2n[nH]c(CCN3CCCC3)n2)cc1. The molecule has 2 aromatic rings. The summed E-state index contributed by atoms with van der Waals surface area (Å²) in [7, 11) is 0. The molecule has 0 spiro atoms. The van der Waals surface area contributed by atoms with Crippen molar-refractivity contribution in [3.05, 3.63) is 36.2 Å². The van der Waals surface area contributed by atoms with Gasteiger partial charge in [0.2, 0.25) is 0 Å².